The van der Waals surface area contributed by atoms with Crippen molar-refractivity contribution < 1.29 is 23.4 Å². The smallest absolute Gasteiger partial charge is 0.170 e. The zero-order valence-electron chi connectivity index (χ0n) is 17.5. The maximum Gasteiger partial charge on any atom is 0.170 e. The van der Waals surface area contributed by atoms with Crippen LogP contribution in [0.1, 0.15) is 49.5 Å². The number of ketones is 1. The van der Waals surface area contributed by atoms with E-state index in [4.69, 9.17) is 25.8 Å². The molecule has 0 N–H and O–H groups in total. The average Bonchev–Trinajstić information content (AvgIpc) is 2.68. The molecule has 0 fully saturated rings. The van der Waals surface area contributed by atoms with Gasteiger partial charge in [-0.3, -0.25) is 4.79 Å². The van der Waals surface area contributed by atoms with E-state index in [9.17, 15) is 9.18 Å². The van der Waals surface area contributed by atoms with Crippen LogP contribution in [0.25, 0.3) is 0 Å². The van der Waals surface area contributed by atoms with Gasteiger partial charge in [0, 0.05) is 17.4 Å². The molecule has 4 nitrogen and oxygen atoms in total. The zero-order chi connectivity index (χ0) is 21.9. The molecule has 0 aromatic heterocycles. The number of hydrogen-bond acceptors (Lipinski definition) is 4. The molecule has 160 valence electrons. The van der Waals surface area contributed by atoms with Crippen molar-refractivity contribution in [2.75, 3.05) is 6.61 Å². The normalized spacial score (nSPS) is 15.9. The Bertz CT molecular complexity index is 934. The van der Waals surface area contributed by atoms with Gasteiger partial charge in [-0.15, -0.1) is 0 Å². The topological polar surface area (TPSA) is 44.8 Å². The first-order valence-corrected chi connectivity index (χ1v) is 10.3. The van der Waals surface area contributed by atoms with E-state index in [1.807, 2.05) is 20.8 Å². The predicted octanol–water partition coefficient (Wildman–Crippen LogP) is 6.36. The molecule has 0 saturated carbocycles. The van der Waals surface area contributed by atoms with Crippen molar-refractivity contribution in [1.82, 2.24) is 0 Å². The summed E-state index contributed by atoms with van der Waals surface area (Å²) in [6.07, 6.45) is 0.612. The standard InChI is InChI=1S/C24H26ClFO4/c1-5-28-15(2)24(3,4)13-17-12-22(27)18-11-16(9-10-23(18)30-17)29-14-19-20(25)7-6-8-21(19)26/h6-11,17H,2,5,12-14H2,1,3-4H3. The summed E-state index contributed by atoms with van der Waals surface area (Å²) in [4.78, 5) is 12.7. The van der Waals surface area contributed by atoms with Gasteiger partial charge in [0.15, 0.2) is 5.78 Å². The summed E-state index contributed by atoms with van der Waals surface area (Å²) in [6, 6.07) is 9.52. The summed E-state index contributed by atoms with van der Waals surface area (Å²) in [5, 5.41) is 0.298. The summed E-state index contributed by atoms with van der Waals surface area (Å²) < 4.78 is 31.2. The van der Waals surface area contributed by atoms with Crippen LogP contribution in [0.2, 0.25) is 5.02 Å². The maximum atomic E-state index is 13.9. The second-order valence-electron chi connectivity index (χ2n) is 7.96. The van der Waals surface area contributed by atoms with E-state index < -0.39 is 5.82 Å². The highest BCUT2D eigenvalue weighted by molar-refractivity contribution is 6.31. The molecule has 0 spiro atoms. The third kappa shape index (κ3) is 4.96. The van der Waals surface area contributed by atoms with Crippen molar-refractivity contribution in [3.05, 3.63) is 70.7 Å². The minimum atomic E-state index is -0.432. The Labute approximate surface area is 181 Å². The minimum Gasteiger partial charge on any atom is -0.498 e. The third-order valence-electron chi connectivity index (χ3n) is 5.21. The van der Waals surface area contributed by atoms with Crippen molar-refractivity contribution in [2.45, 2.75) is 46.3 Å². The molecular weight excluding hydrogens is 407 g/mol. The lowest BCUT2D eigenvalue weighted by Gasteiger charge is -2.33. The van der Waals surface area contributed by atoms with Crippen LogP contribution < -0.4 is 9.47 Å². The molecule has 1 aliphatic heterocycles. The number of allylic oxidation sites excluding steroid dienone is 1. The fourth-order valence-electron chi connectivity index (χ4n) is 3.45. The number of halogens is 2. The number of ether oxygens (including phenoxy) is 3. The van der Waals surface area contributed by atoms with Crippen LogP contribution in [0.3, 0.4) is 0 Å². The van der Waals surface area contributed by atoms with Crippen molar-refractivity contribution in [2.24, 2.45) is 5.41 Å². The molecule has 1 unspecified atom stereocenters. The molecular formula is C24H26ClFO4. The van der Waals surface area contributed by atoms with Gasteiger partial charge in [-0.25, -0.2) is 4.39 Å². The second kappa shape index (κ2) is 9.09. The first kappa shape index (κ1) is 22.2. The van der Waals surface area contributed by atoms with E-state index in [2.05, 4.69) is 6.58 Å². The van der Waals surface area contributed by atoms with E-state index >= 15 is 0 Å². The Morgan fingerprint density at radius 1 is 1.33 bits per heavy atom. The molecule has 30 heavy (non-hydrogen) atoms. The quantitative estimate of drug-likeness (QED) is 0.455. The SMILES string of the molecule is C=C(OCC)C(C)(C)CC1CC(=O)c2cc(OCc3c(F)cccc3Cl)ccc2O1. The fourth-order valence-corrected chi connectivity index (χ4v) is 3.67. The molecule has 0 bridgehead atoms. The van der Waals surface area contributed by atoms with E-state index in [1.54, 1.807) is 24.3 Å². The van der Waals surface area contributed by atoms with Crippen LogP contribution in [0.5, 0.6) is 11.5 Å². The molecule has 6 heteroatoms. The predicted molar refractivity (Wildman–Crippen MR) is 115 cm³/mol. The lowest BCUT2D eigenvalue weighted by atomic mass is 9.82. The number of Topliss-reactive ketones (excluding diaryl/α,β-unsaturated/α-hetero) is 1. The van der Waals surface area contributed by atoms with Crippen LogP contribution in [-0.4, -0.2) is 18.5 Å². The van der Waals surface area contributed by atoms with Crippen LogP contribution in [0, 0.1) is 11.2 Å². The van der Waals surface area contributed by atoms with E-state index in [0.717, 1.165) is 0 Å². The first-order valence-electron chi connectivity index (χ1n) is 9.93. The lowest BCUT2D eigenvalue weighted by Crippen LogP contribution is -2.32. The van der Waals surface area contributed by atoms with E-state index in [0.29, 0.717) is 40.9 Å². The van der Waals surface area contributed by atoms with Gasteiger partial charge in [-0.2, -0.15) is 0 Å². The molecule has 1 heterocycles. The summed E-state index contributed by atoms with van der Waals surface area (Å²) in [6.45, 7) is 10.5. The lowest BCUT2D eigenvalue weighted by molar-refractivity contribution is 0.0692. The van der Waals surface area contributed by atoms with Gasteiger partial charge < -0.3 is 14.2 Å². The van der Waals surface area contributed by atoms with Gasteiger partial charge in [0.25, 0.3) is 0 Å². The van der Waals surface area contributed by atoms with Crippen molar-refractivity contribution in [1.29, 1.82) is 0 Å². The fraction of sp³-hybridized carbons (Fsp3) is 0.375. The molecule has 0 amide bonds. The number of fused-ring (bicyclic) bond motifs is 1. The number of carbonyl (C=O) groups excluding carboxylic acids is 1. The summed E-state index contributed by atoms with van der Waals surface area (Å²) >= 11 is 6.04. The monoisotopic (exact) mass is 432 g/mol. The zero-order valence-corrected chi connectivity index (χ0v) is 18.2. The van der Waals surface area contributed by atoms with Gasteiger partial charge in [-0.05, 0) is 43.7 Å². The van der Waals surface area contributed by atoms with Gasteiger partial charge in [0.1, 0.15) is 30.0 Å². The van der Waals surface area contributed by atoms with Crippen LogP contribution >= 0.6 is 11.6 Å². The molecule has 0 radical (unpaired) electrons. The first-order chi connectivity index (χ1) is 14.2. The molecule has 1 aliphatic rings. The van der Waals surface area contributed by atoms with Crippen molar-refractivity contribution in [3.8, 4) is 11.5 Å². The van der Waals surface area contributed by atoms with Crippen molar-refractivity contribution in [3.63, 3.8) is 0 Å². The van der Waals surface area contributed by atoms with Crippen molar-refractivity contribution >= 4 is 17.4 Å². The van der Waals surface area contributed by atoms with Gasteiger partial charge >= 0.3 is 0 Å². The number of hydrogen-bond donors (Lipinski definition) is 0. The summed E-state index contributed by atoms with van der Waals surface area (Å²) in [7, 11) is 0. The maximum absolute atomic E-state index is 13.9. The van der Waals surface area contributed by atoms with Crippen LogP contribution in [0.15, 0.2) is 48.7 Å². The molecule has 2 aromatic carbocycles. The largest absolute Gasteiger partial charge is 0.498 e. The summed E-state index contributed by atoms with van der Waals surface area (Å²) in [5.41, 5.74) is 0.418. The molecule has 0 aliphatic carbocycles. The highest BCUT2D eigenvalue weighted by Gasteiger charge is 2.34. The average molecular weight is 433 g/mol. The third-order valence-corrected chi connectivity index (χ3v) is 5.57. The molecule has 2 aromatic rings. The highest BCUT2D eigenvalue weighted by Crippen LogP contribution is 2.38. The Hall–Kier alpha value is -2.53. The second-order valence-corrected chi connectivity index (χ2v) is 8.37. The Morgan fingerprint density at radius 3 is 2.80 bits per heavy atom. The van der Waals surface area contributed by atoms with E-state index in [1.165, 1.54) is 12.1 Å². The van der Waals surface area contributed by atoms with Crippen LogP contribution in [0.4, 0.5) is 4.39 Å². The van der Waals surface area contributed by atoms with Crippen LogP contribution in [-0.2, 0) is 11.3 Å². The highest BCUT2D eigenvalue weighted by atomic mass is 35.5. The summed E-state index contributed by atoms with van der Waals surface area (Å²) in [5.74, 6) is 1.20. The van der Waals surface area contributed by atoms with Gasteiger partial charge in [-0.1, -0.05) is 38.1 Å². The Balaban J connectivity index is 1.70. The molecule has 0 saturated heterocycles. The number of carbonyl (C=O) groups is 1. The van der Waals surface area contributed by atoms with Gasteiger partial charge in [0.2, 0.25) is 0 Å². The molecule has 1 atom stereocenters. The number of benzene rings is 2. The Kier molecular flexibility index (Phi) is 6.71. The Morgan fingerprint density at radius 2 is 2.10 bits per heavy atom. The number of rotatable bonds is 8. The van der Waals surface area contributed by atoms with E-state index in [-0.39, 0.29) is 35.9 Å². The molecule has 3 rings (SSSR count). The minimum absolute atomic E-state index is 0.0200. The van der Waals surface area contributed by atoms with Gasteiger partial charge in [0.05, 0.1) is 23.0 Å².